The molecule has 0 saturated heterocycles. The molecule has 148 valence electrons. The molecule has 2 aliphatic rings. The SMILES string of the molecule is COc1cc2c(cc1N(C)C)C(CC(=O)C1CCCCCC1)=NC(C)(C)C2. The quantitative estimate of drug-likeness (QED) is 0.698. The van der Waals surface area contributed by atoms with Gasteiger partial charge in [0.05, 0.1) is 24.0 Å². The molecule has 1 heterocycles. The van der Waals surface area contributed by atoms with E-state index >= 15 is 0 Å². The highest BCUT2D eigenvalue weighted by atomic mass is 16.5. The summed E-state index contributed by atoms with van der Waals surface area (Å²) in [5.41, 5.74) is 4.17. The number of Topliss-reactive ketones (excluding diaryl/α,β-unsaturated/α-hetero) is 1. The lowest BCUT2D eigenvalue weighted by Crippen LogP contribution is -2.31. The molecule has 1 aromatic carbocycles. The molecule has 0 atom stereocenters. The van der Waals surface area contributed by atoms with Gasteiger partial charge in [-0.2, -0.15) is 0 Å². The first kappa shape index (κ1) is 19.9. The Hall–Kier alpha value is -1.84. The summed E-state index contributed by atoms with van der Waals surface area (Å²) >= 11 is 0. The topological polar surface area (TPSA) is 41.9 Å². The number of hydrogen-bond donors (Lipinski definition) is 0. The Bertz CT molecular complexity index is 726. The summed E-state index contributed by atoms with van der Waals surface area (Å²) in [4.78, 5) is 20.1. The minimum Gasteiger partial charge on any atom is -0.495 e. The smallest absolute Gasteiger partial charge is 0.142 e. The minimum atomic E-state index is -0.184. The van der Waals surface area contributed by atoms with Gasteiger partial charge in [0.1, 0.15) is 11.5 Å². The van der Waals surface area contributed by atoms with E-state index in [2.05, 4.69) is 30.9 Å². The zero-order chi connectivity index (χ0) is 19.6. The van der Waals surface area contributed by atoms with Crippen LogP contribution in [0.25, 0.3) is 0 Å². The molecule has 27 heavy (non-hydrogen) atoms. The number of anilines is 1. The Morgan fingerprint density at radius 3 is 2.44 bits per heavy atom. The van der Waals surface area contributed by atoms with Gasteiger partial charge in [0.25, 0.3) is 0 Å². The lowest BCUT2D eigenvalue weighted by atomic mass is 9.83. The fraction of sp³-hybridized carbons (Fsp3) is 0.652. The molecule has 1 aromatic rings. The standard InChI is InChI=1S/C23H34N2O2/c1-23(2)15-17-12-22(27-5)20(25(3)4)13-18(17)19(24-23)14-21(26)16-10-8-6-7-9-11-16/h12-13,16H,6-11,14-15H2,1-5H3. The molecule has 0 N–H and O–H groups in total. The molecule has 1 aliphatic carbocycles. The third-order valence-electron chi connectivity index (χ3n) is 5.91. The van der Waals surface area contributed by atoms with E-state index in [0.29, 0.717) is 12.2 Å². The van der Waals surface area contributed by atoms with Crippen LogP contribution in [0.2, 0.25) is 0 Å². The molecular weight excluding hydrogens is 336 g/mol. The van der Waals surface area contributed by atoms with Crippen molar-refractivity contribution >= 4 is 17.2 Å². The van der Waals surface area contributed by atoms with Gasteiger partial charge in [-0.05, 0) is 50.8 Å². The number of aliphatic imine (C=N–C) groups is 1. The highest BCUT2D eigenvalue weighted by Gasteiger charge is 2.31. The van der Waals surface area contributed by atoms with Crippen LogP contribution in [0.15, 0.2) is 17.1 Å². The molecule has 0 aromatic heterocycles. The van der Waals surface area contributed by atoms with Crippen LogP contribution in [0.5, 0.6) is 5.75 Å². The molecule has 1 aliphatic heterocycles. The molecule has 4 nitrogen and oxygen atoms in total. The van der Waals surface area contributed by atoms with Crippen LogP contribution in [0.1, 0.15) is 69.9 Å². The second-order valence-electron chi connectivity index (χ2n) is 8.95. The maximum Gasteiger partial charge on any atom is 0.142 e. The van der Waals surface area contributed by atoms with Crippen LogP contribution in [0.3, 0.4) is 0 Å². The van der Waals surface area contributed by atoms with E-state index in [4.69, 9.17) is 9.73 Å². The molecule has 1 fully saturated rings. The third-order valence-corrected chi connectivity index (χ3v) is 5.91. The molecule has 3 rings (SSSR count). The van der Waals surface area contributed by atoms with Crippen molar-refractivity contribution in [2.45, 2.75) is 70.8 Å². The number of hydrogen-bond acceptors (Lipinski definition) is 4. The lowest BCUT2D eigenvalue weighted by molar-refractivity contribution is -0.122. The van der Waals surface area contributed by atoms with Crippen molar-refractivity contribution in [2.24, 2.45) is 10.9 Å². The molecular formula is C23H34N2O2. The van der Waals surface area contributed by atoms with E-state index in [0.717, 1.165) is 42.0 Å². The first-order valence-electron chi connectivity index (χ1n) is 10.3. The van der Waals surface area contributed by atoms with Gasteiger partial charge in [0.2, 0.25) is 0 Å². The summed E-state index contributed by atoms with van der Waals surface area (Å²) < 4.78 is 5.62. The highest BCUT2D eigenvalue weighted by molar-refractivity contribution is 6.13. The number of benzene rings is 1. The number of fused-ring (bicyclic) bond motifs is 1. The Labute approximate surface area is 164 Å². The summed E-state index contributed by atoms with van der Waals surface area (Å²) in [6.45, 7) is 4.30. The maximum absolute atomic E-state index is 13.1. The Morgan fingerprint density at radius 1 is 1.19 bits per heavy atom. The summed E-state index contributed by atoms with van der Waals surface area (Å²) in [7, 11) is 5.75. The van der Waals surface area contributed by atoms with Gasteiger partial charge < -0.3 is 9.64 Å². The molecule has 0 radical (unpaired) electrons. The van der Waals surface area contributed by atoms with Gasteiger partial charge in [-0.15, -0.1) is 0 Å². The van der Waals surface area contributed by atoms with E-state index in [1.54, 1.807) is 7.11 Å². The van der Waals surface area contributed by atoms with Crippen molar-refractivity contribution in [1.29, 1.82) is 0 Å². The summed E-state index contributed by atoms with van der Waals surface area (Å²) in [5.74, 6) is 1.47. The van der Waals surface area contributed by atoms with E-state index < -0.39 is 0 Å². The van der Waals surface area contributed by atoms with Crippen molar-refractivity contribution in [1.82, 2.24) is 0 Å². The number of ketones is 1. The minimum absolute atomic E-state index is 0.184. The van der Waals surface area contributed by atoms with Gasteiger partial charge in [0.15, 0.2) is 0 Å². The van der Waals surface area contributed by atoms with Crippen LogP contribution < -0.4 is 9.64 Å². The number of carbonyl (C=O) groups excluding carboxylic acids is 1. The van der Waals surface area contributed by atoms with Crippen LogP contribution >= 0.6 is 0 Å². The largest absolute Gasteiger partial charge is 0.495 e. The number of methoxy groups -OCH3 is 1. The number of rotatable bonds is 5. The highest BCUT2D eigenvalue weighted by Crippen LogP contribution is 2.37. The molecule has 4 heteroatoms. The zero-order valence-electron chi connectivity index (χ0n) is 17.6. The van der Waals surface area contributed by atoms with Crippen molar-refractivity contribution in [3.63, 3.8) is 0 Å². The molecule has 0 bridgehead atoms. The Morgan fingerprint density at radius 2 is 1.85 bits per heavy atom. The van der Waals surface area contributed by atoms with Crippen molar-refractivity contribution in [2.75, 3.05) is 26.1 Å². The Balaban J connectivity index is 1.93. The molecule has 0 unspecified atom stereocenters. The van der Waals surface area contributed by atoms with Crippen molar-refractivity contribution < 1.29 is 9.53 Å². The second kappa shape index (κ2) is 8.04. The lowest BCUT2D eigenvalue weighted by Gasteiger charge is -2.31. The first-order chi connectivity index (χ1) is 12.8. The fourth-order valence-electron chi connectivity index (χ4n) is 4.52. The molecule has 1 saturated carbocycles. The average Bonchev–Trinajstić information content (AvgIpc) is 2.89. The number of carbonyl (C=O) groups is 1. The van der Waals surface area contributed by atoms with Crippen molar-refractivity contribution in [3.8, 4) is 5.75 Å². The second-order valence-corrected chi connectivity index (χ2v) is 8.95. The van der Waals surface area contributed by atoms with Crippen LogP contribution in [0.4, 0.5) is 5.69 Å². The summed E-state index contributed by atoms with van der Waals surface area (Å²) in [5, 5.41) is 0. The zero-order valence-corrected chi connectivity index (χ0v) is 17.6. The fourth-order valence-corrected chi connectivity index (χ4v) is 4.52. The van der Waals surface area contributed by atoms with Gasteiger partial charge in [-0.25, -0.2) is 0 Å². The van der Waals surface area contributed by atoms with Gasteiger partial charge in [-0.1, -0.05) is 25.7 Å². The van der Waals surface area contributed by atoms with E-state index in [9.17, 15) is 4.79 Å². The number of nitrogens with zero attached hydrogens (tertiary/aromatic N) is 2. The predicted molar refractivity (Wildman–Crippen MR) is 112 cm³/mol. The third kappa shape index (κ3) is 4.53. The predicted octanol–water partition coefficient (Wildman–Crippen LogP) is 4.81. The summed E-state index contributed by atoms with van der Waals surface area (Å²) in [6.07, 6.45) is 8.34. The summed E-state index contributed by atoms with van der Waals surface area (Å²) in [6, 6.07) is 4.29. The van der Waals surface area contributed by atoms with E-state index in [1.807, 2.05) is 14.1 Å². The Kier molecular flexibility index (Phi) is 5.92. The van der Waals surface area contributed by atoms with Crippen molar-refractivity contribution in [3.05, 3.63) is 23.3 Å². The van der Waals surface area contributed by atoms with Gasteiger partial charge in [0, 0.05) is 32.0 Å². The monoisotopic (exact) mass is 370 g/mol. The van der Waals surface area contributed by atoms with Crippen LogP contribution in [-0.2, 0) is 11.2 Å². The molecule has 0 amide bonds. The first-order valence-corrected chi connectivity index (χ1v) is 10.3. The van der Waals surface area contributed by atoms with E-state index in [-0.39, 0.29) is 11.5 Å². The average molecular weight is 371 g/mol. The normalized spacial score (nSPS) is 19.7. The van der Waals surface area contributed by atoms with E-state index in [1.165, 1.54) is 31.2 Å². The van der Waals surface area contributed by atoms with Gasteiger partial charge in [-0.3, -0.25) is 9.79 Å². The van der Waals surface area contributed by atoms with Gasteiger partial charge >= 0.3 is 0 Å². The number of ether oxygens (including phenoxy) is 1. The van der Waals surface area contributed by atoms with Crippen LogP contribution in [0, 0.1) is 5.92 Å². The maximum atomic E-state index is 13.1. The van der Waals surface area contributed by atoms with Crippen LogP contribution in [-0.4, -0.2) is 38.2 Å². The molecule has 0 spiro atoms.